The van der Waals surface area contributed by atoms with Gasteiger partial charge in [0.25, 0.3) is 0 Å². The van der Waals surface area contributed by atoms with E-state index in [1.165, 1.54) is 11.3 Å². The molecule has 5 nitrogen and oxygen atoms in total. The normalized spacial score (nSPS) is 10.4. The number of benzene rings is 1. The second kappa shape index (κ2) is 5.79. The molecule has 2 aromatic rings. The Labute approximate surface area is 110 Å². The van der Waals surface area contributed by atoms with Crippen molar-refractivity contribution in [2.75, 3.05) is 21.3 Å². The number of para-hydroxylation sites is 1. The third-order valence-electron chi connectivity index (χ3n) is 2.43. The van der Waals surface area contributed by atoms with Crippen molar-refractivity contribution in [3.8, 4) is 22.1 Å². The maximum atomic E-state index is 5.39. The first-order valence-electron chi connectivity index (χ1n) is 5.48. The van der Waals surface area contributed by atoms with Crippen LogP contribution in [0, 0.1) is 0 Å². The molecule has 0 aliphatic heterocycles. The fourth-order valence-electron chi connectivity index (χ4n) is 1.64. The minimum atomic E-state index is 0.687. The Morgan fingerprint density at radius 2 is 2.06 bits per heavy atom. The molecule has 0 bridgehead atoms. The summed E-state index contributed by atoms with van der Waals surface area (Å²) in [5.74, 6) is 1.38. The van der Waals surface area contributed by atoms with Crippen LogP contribution in [0.1, 0.15) is 5.01 Å². The molecule has 0 saturated heterocycles. The van der Waals surface area contributed by atoms with Crippen LogP contribution < -0.4 is 14.8 Å². The maximum Gasteiger partial charge on any atom is 0.171 e. The average molecular weight is 265 g/mol. The number of nitrogens with one attached hydrogen (secondary N) is 1. The molecule has 1 aromatic carbocycles. The van der Waals surface area contributed by atoms with E-state index in [0.717, 1.165) is 15.6 Å². The Bertz CT molecular complexity index is 528. The van der Waals surface area contributed by atoms with E-state index < -0.39 is 0 Å². The highest BCUT2D eigenvalue weighted by Crippen LogP contribution is 2.38. The van der Waals surface area contributed by atoms with Crippen LogP contribution in [0.2, 0.25) is 0 Å². The first kappa shape index (κ1) is 12.8. The predicted molar refractivity (Wildman–Crippen MR) is 71.2 cm³/mol. The number of rotatable bonds is 5. The Balaban J connectivity index is 2.42. The van der Waals surface area contributed by atoms with Gasteiger partial charge in [-0.1, -0.05) is 17.4 Å². The highest BCUT2D eigenvalue weighted by Gasteiger charge is 2.15. The van der Waals surface area contributed by atoms with E-state index in [2.05, 4.69) is 15.5 Å². The summed E-state index contributed by atoms with van der Waals surface area (Å²) in [7, 11) is 5.12. The maximum absolute atomic E-state index is 5.39. The van der Waals surface area contributed by atoms with E-state index >= 15 is 0 Å². The Morgan fingerprint density at radius 3 is 2.72 bits per heavy atom. The zero-order chi connectivity index (χ0) is 13.0. The van der Waals surface area contributed by atoms with Crippen LogP contribution in [-0.2, 0) is 6.54 Å². The van der Waals surface area contributed by atoms with Gasteiger partial charge in [0, 0.05) is 6.54 Å². The lowest BCUT2D eigenvalue weighted by atomic mass is 10.2. The van der Waals surface area contributed by atoms with E-state index in [4.69, 9.17) is 9.47 Å². The number of hydrogen-bond donors (Lipinski definition) is 1. The van der Waals surface area contributed by atoms with E-state index in [9.17, 15) is 0 Å². The molecule has 1 N–H and O–H groups in total. The molecule has 0 aliphatic rings. The minimum Gasteiger partial charge on any atom is -0.493 e. The molecular formula is C12H15N3O2S. The SMILES string of the molecule is CNCc1nnc(-c2cccc(OC)c2OC)s1. The Morgan fingerprint density at radius 1 is 1.22 bits per heavy atom. The number of nitrogens with zero attached hydrogens (tertiary/aromatic N) is 2. The molecule has 2 rings (SSSR count). The van der Waals surface area contributed by atoms with Crippen LogP contribution in [0.5, 0.6) is 11.5 Å². The summed E-state index contributed by atoms with van der Waals surface area (Å²) in [6.45, 7) is 0.712. The van der Waals surface area contributed by atoms with Crippen LogP contribution in [0.4, 0.5) is 0 Å². The molecule has 0 spiro atoms. The van der Waals surface area contributed by atoms with Gasteiger partial charge < -0.3 is 14.8 Å². The summed E-state index contributed by atoms with van der Waals surface area (Å²) in [5, 5.41) is 13.1. The lowest BCUT2D eigenvalue weighted by molar-refractivity contribution is 0.356. The van der Waals surface area contributed by atoms with Gasteiger partial charge in [0.05, 0.1) is 19.8 Å². The molecular weight excluding hydrogens is 250 g/mol. The molecule has 0 unspecified atom stereocenters. The number of ether oxygens (including phenoxy) is 2. The summed E-state index contributed by atoms with van der Waals surface area (Å²) in [6.07, 6.45) is 0. The molecule has 0 saturated carbocycles. The third kappa shape index (κ3) is 2.44. The second-order valence-corrected chi connectivity index (χ2v) is 4.63. The highest BCUT2D eigenvalue weighted by atomic mass is 32.1. The molecule has 18 heavy (non-hydrogen) atoms. The zero-order valence-corrected chi connectivity index (χ0v) is 11.4. The van der Waals surface area contributed by atoms with Gasteiger partial charge in [0.15, 0.2) is 16.5 Å². The summed E-state index contributed by atoms with van der Waals surface area (Å²) in [5.41, 5.74) is 0.900. The van der Waals surface area contributed by atoms with Crippen LogP contribution in [-0.4, -0.2) is 31.5 Å². The molecule has 6 heteroatoms. The average Bonchev–Trinajstić information content (AvgIpc) is 2.86. The van der Waals surface area contributed by atoms with Gasteiger partial charge in [-0.3, -0.25) is 0 Å². The monoisotopic (exact) mass is 265 g/mol. The Hall–Kier alpha value is -1.66. The summed E-state index contributed by atoms with van der Waals surface area (Å²) in [4.78, 5) is 0. The highest BCUT2D eigenvalue weighted by molar-refractivity contribution is 7.14. The van der Waals surface area contributed by atoms with Crippen molar-refractivity contribution in [2.45, 2.75) is 6.54 Å². The number of aromatic nitrogens is 2. The summed E-state index contributed by atoms with van der Waals surface area (Å²) >= 11 is 1.54. The molecule has 0 radical (unpaired) electrons. The topological polar surface area (TPSA) is 56.3 Å². The van der Waals surface area contributed by atoms with Gasteiger partial charge in [0.2, 0.25) is 0 Å². The van der Waals surface area contributed by atoms with Crippen LogP contribution in [0.15, 0.2) is 18.2 Å². The lowest BCUT2D eigenvalue weighted by Gasteiger charge is -2.10. The third-order valence-corrected chi connectivity index (χ3v) is 3.38. The van der Waals surface area contributed by atoms with Crippen molar-refractivity contribution >= 4 is 11.3 Å². The quantitative estimate of drug-likeness (QED) is 0.895. The van der Waals surface area contributed by atoms with Gasteiger partial charge in [-0.2, -0.15) is 0 Å². The van der Waals surface area contributed by atoms with Gasteiger partial charge in [0.1, 0.15) is 5.01 Å². The first-order chi connectivity index (χ1) is 8.80. The molecule has 0 atom stereocenters. The predicted octanol–water partition coefficient (Wildman–Crippen LogP) is 1.94. The smallest absolute Gasteiger partial charge is 0.171 e. The first-order valence-corrected chi connectivity index (χ1v) is 6.30. The van der Waals surface area contributed by atoms with Gasteiger partial charge in [-0.25, -0.2) is 0 Å². The van der Waals surface area contributed by atoms with Gasteiger partial charge in [-0.15, -0.1) is 10.2 Å². The van der Waals surface area contributed by atoms with E-state index in [0.29, 0.717) is 18.0 Å². The fourth-order valence-corrected chi connectivity index (χ4v) is 2.51. The molecule has 0 fully saturated rings. The van der Waals surface area contributed by atoms with Gasteiger partial charge >= 0.3 is 0 Å². The second-order valence-electron chi connectivity index (χ2n) is 3.57. The van der Waals surface area contributed by atoms with Gasteiger partial charge in [-0.05, 0) is 19.2 Å². The van der Waals surface area contributed by atoms with Crippen LogP contribution in [0.25, 0.3) is 10.6 Å². The molecule has 0 aliphatic carbocycles. The van der Waals surface area contributed by atoms with Crippen molar-refractivity contribution in [3.05, 3.63) is 23.2 Å². The van der Waals surface area contributed by atoms with E-state index in [-0.39, 0.29) is 0 Å². The van der Waals surface area contributed by atoms with E-state index in [1.54, 1.807) is 14.2 Å². The zero-order valence-electron chi connectivity index (χ0n) is 10.6. The number of methoxy groups -OCH3 is 2. The lowest BCUT2D eigenvalue weighted by Crippen LogP contribution is -2.04. The van der Waals surface area contributed by atoms with Crippen LogP contribution >= 0.6 is 11.3 Å². The van der Waals surface area contributed by atoms with E-state index in [1.807, 2.05) is 25.2 Å². The summed E-state index contributed by atoms with van der Waals surface area (Å²) < 4.78 is 10.7. The minimum absolute atomic E-state index is 0.687. The van der Waals surface area contributed by atoms with Crippen molar-refractivity contribution in [1.29, 1.82) is 0 Å². The largest absolute Gasteiger partial charge is 0.493 e. The number of hydrogen-bond acceptors (Lipinski definition) is 6. The summed E-state index contributed by atoms with van der Waals surface area (Å²) in [6, 6.07) is 5.72. The van der Waals surface area contributed by atoms with Crippen molar-refractivity contribution in [2.24, 2.45) is 0 Å². The van der Waals surface area contributed by atoms with Crippen LogP contribution in [0.3, 0.4) is 0 Å². The van der Waals surface area contributed by atoms with Crippen molar-refractivity contribution < 1.29 is 9.47 Å². The fraction of sp³-hybridized carbons (Fsp3) is 0.333. The Kier molecular flexibility index (Phi) is 4.11. The standard InChI is InChI=1S/C12H15N3O2S/c1-13-7-10-14-15-12(18-10)8-5-4-6-9(16-2)11(8)17-3/h4-6,13H,7H2,1-3H3. The molecule has 0 amide bonds. The van der Waals surface area contributed by atoms with Crippen molar-refractivity contribution in [1.82, 2.24) is 15.5 Å². The molecule has 96 valence electrons. The van der Waals surface area contributed by atoms with Crippen molar-refractivity contribution in [3.63, 3.8) is 0 Å². The molecule has 1 aromatic heterocycles. The molecule has 1 heterocycles.